The molecule has 0 amide bonds. The zero-order chi connectivity index (χ0) is 15.6. The monoisotopic (exact) mass is 380 g/mol. The summed E-state index contributed by atoms with van der Waals surface area (Å²) >= 11 is 23.9. The fourth-order valence-electron chi connectivity index (χ4n) is 1.67. The van der Waals surface area contributed by atoms with Crippen molar-refractivity contribution in [3.8, 4) is 11.5 Å². The summed E-state index contributed by atoms with van der Waals surface area (Å²) in [5.74, 6) is 1.06. The summed E-state index contributed by atoms with van der Waals surface area (Å²) in [6, 6.07) is 10.1. The van der Waals surface area contributed by atoms with Crippen molar-refractivity contribution in [1.29, 1.82) is 0 Å². The summed E-state index contributed by atoms with van der Waals surface area (Å²) in [5.41, 5.74) is 0. The van der Waals surface area contributed by atoms with Crippen molar-refractivity contribution in [2.45, 2.75) is 13.1 Å². The van der Waals surface area contributed by atoms with E-state index in [4.69, 9.17) is 55.3 Å². The summed E-state index contributed by atoms with van der Waals surface area (Å²) in [5, 5.41) is 1.98. The van der Waals surface area contributed by atoms with E-state index in [1.165, 1.54) is 0 Å². The van der Waals surface area contributed by atoms with Gasteiger partial charge in [0, 0.05) is 23.1 Å². The van der Waals surface area contributed by atoms with Crippen LogP contribution in [-0.2, 0) is 0 Å². The van der Waals surface area contributed by atoms with E-state index in [0.717, 1.165) is 0 Å². The first-order valence-electron chi connectivity index (χ1n) is 6.05. The molecule has 2 nitrogen and oxygen atoms in total. The van der Waals surface area contributed by atoms with Crippen LogP contribution in [0.1, 0.15) is 0 Å². The van der Waals surface area contributed by atoms with Crippen LogP contribution in [-0.4, -0.2) is 8.56 Å². The van der Waals surface area contributed by atoms with Crippen LogP contribution < -0.4 is 8.85 Å². The Morgan fingerprint density at radius 2 is 1.10 bits per heavy atom. The molecule has 0 aliphatic heterocycles. The number of hydrogen-bond donors (Lipinski definition) is 0. The SMILES string of the molecule is C[Si](C)(Oc1ccc(Cl)cc1Cl)Oc1ccc(Cl)cc1Cl. The Morgan fingerprint density at radius 3 is 1.43 bits per heavy atom. The Balaban J connectivity index is 2.18. The molecule has 0 saturated carbocycles. The maximum atomic E-state index is 6.10. The summed E-state index contributed by atoms with van der Waals surface area (Å²) < 4.78 is 11.8. The lowest BCUT2D eigenvalue weighted by molar-refractivity contribution is 0.400. The Kier molecular flexibility index (Phi) is 5.33. The molecule has 112 valence electrons. The van der Waals surface area contributed by atoms with Gasteiger partial charge in [0.15, 0.2) is 0 Å². The highest BCUT2D eigenvalue weighted by atomic mass is 35.5. The van der Waals surface area contributed by atoms with Crippen molar-refractivity contribution in [3.05, 3.63) is 56.5 Å². The van der Waals surface area contributed by atoms with Gasteiger partial charge in [0.25, 0.3) is 0 Å². The lowest BCUT2D eigenvalue weighted by Gasteiger charge is -2.25. The second kappa shape index (κ2) is 6.67. The van der Waals surface area contributed by atoms with E-state index in [-0.39, 0.29) is 0 Å². The maximum absolute atomic E-state index is 6.10. The molecule has 0 unspecified atom stereocenters. The lowest BCUT2D eigenvalue weighted by Crippen LogP contribution is -2.42. The van der Waals surface area contributed by atoms with Crippen LogP contribution in [0.5, 0.6) is 11.5 Å². The van der Waals surface area contributed by atoms with Gasteiger partial charge in [-0.2, -0.15) is 0 Å². The van der Waals surface area contributed by atoms with Crippen LogP contribution in [0.3, 0.4) is 0 Å². The first-order chi connectivity index (χ1) is 9.77. The van der Waals surface area contributed by atoms with Crippen LogP contribution in [0.25, 0.3) is 0 Å². The average Bonchev–Trinajstić information content (AvgIpc) is 2.36. The molecule has 0 spiro atoms. The highest BCUT2D eigenvalue weighted by molar-refractivity contribution is 6.66. The van der Waals surface area contributed by atoms with E-state index in [9.17, 15) is 0 Å². The fourth-order valence-corrected chi connectivity index (χ4v) is 4.15. The third-order valence-corrected chi connectivity index (χ3v) is 4.98. The molecule has 0 N–H and O–H groups in total. The van der Waals surface area contributed by atoms with Gasteiger partial charge in [-0.25, -0.2) is 0 Å². The lowest BCUT2D eigenvalue weighted by atomic mass is 10.3. The highest BCUT2D eigenvalue weighted by Gasteiger charge is 2.30. The second-order valence-corrected chi connectivity index (χ2v) is 9.65. The van der Waals surface area contributed by atoms with E-state index in [1.807, 2.05) is 13.1 Å². The van der Waals surface area contributed by atoms with Crippen molar-refractivity contribution < 1.29 is 8.85 Å². The zero-order valence-electron chi connectivity index (χ0n) is 11.3. The third kappa shape index (κ3) is 4.70. The van der Waals surface area contributed by atoms with Gasteiger partial charge in [0.05, 0.1) is 10.0 Å². The molecule has 0 aromatic heterocycles. The van der Waals surface area contributed by atoms with Crippen LogP contribution in [0.4, 0.5) is 0 Å². The largest absolute Gasteiger partial charge is 0.511 e. The van der Waals surface area contributed by atoms with E-state index in [1.54, 1.807) is 36.4 Å². The smallest absolute Gasteiger partial charge is 0.454 e. The molecule has 0 bridgehead atoms. The number of halogens is 4. The summed E-state index contributed by atoms with van der Waals surface area (Å²) in [6.45, 7) is 3.78. The Hall–Kier alpha value is -0.583. The Morgan fingerprint density at radius 1 is 0.714 bits per heavy atom. The first kappa shape index (κ1) is 16.8. The highest BCUT2D eigenvalue weighted by Crippen LogP contribution is 2.33. The molecule has 0 aliphatic rings. The molecule has 2 aromatic rings. The molecular weight excluding hydrogens is 370 g/mol. The number of benzene rings is 2. The quantitative estimate of drug-likeness (QED) is 0.565. The van der Waals surface area contributed by atoms with Crippen LogP contribution >= 0.6 is 46.4 Å². The normalized spacial score (nSPS) is 11.3. The summed E-state index contributed by atoms with van der Waals surface area (Å²) in [7, 11) is -2.54. The van der Waals surface area contributed by atoms with Gasteiger partial charge >= 0.3 is 8.56 Å². The Bertz CT molecular complexity index is 606. The average molecular weight is 382 g/mol. The molecule has 21 heavy (non-hydrogen) atoms. The molecular formula is C14H12Cl4O2Si. The summed E-state index contributed by atoms with van der Waals surface area (Å²) in [4.78, 5) is 0. The van der Waals surface area contributed by atoms with Crippen molar-refractivity contribution in [3.63, 3.8) is 0 Å². The van der Waals surface area contributed by atoms with Crippen LogP contribution in [0.15, 0.2) is 36.4 Å². The molecule has 0 aliphatic carbocycles. The van der Waals surface area contributed by atoms with Crippen LogP contribution in [0, 0.1) is 0 Å². The third-order valence-electron chi connectivity index (χ3n) is 2.50. The fraction of sp³-hybridized carbons (Fsp3) is 0.143. The van der Waals surface area contributed by atoms with E-state index in [0.29, 0.717) is 31.6 Å². The number of rotatable bonds is 4. The maximum Gasteiger partial charge on any atom is 0.454 e. The van der Waals surface area contributed by atoms with E-state index in [2.05, 4.69) is 0 Å². The molecule has 0 fully saturated rings. The van der Waals surface area contributed by atoms with Crippen molar-refractivity contribution in [2.75, 3.05) is 0 Å². The van der Waals surface area contributed by atoms with E-state index >= 15 is 0 Å². The minimum Gasteiger partial charge on any atom is -0.511 e. The zero-order valence-corrected chi connectivity index (χ0v) is 15.3. The molecule has 0 heterocycles. The predicted octanol–water partition coefficient (Wildman–Crippen LogP) is 6.46. The van der Waals surface area contributed by atoms with Crippen molar-refractivity contribution in [1.82, 2.24) is 0 Å². The van der Waals surface area contributed by atoms with Gasteiger partial charge in [-0.05, 0) is 36.4 Å². The number of hydrogen-bond acceptors (Lipinski definition) is 2. The van der Waals surface area contributed by atoms with Crippen molar-refractivity contribution in [2.24, 2.45) is 0 Å². The molecule has 7 heteroatoms. The standard InChI is InChI=1S/C14H12Cl4O2Si/c1-21(2,19-13-5-3-9(15)7-11(13)17)20-14-6-4-10(16)8-12(14)18/h3-8H,1-2H3. The second-order valence-electron chi connectivity index (χ2n) is 4.75. The molecule has 0 atom stereocenters. The minimum absolute atomic E-state index is 0.439. The predicted molar refractivity (Wildman–Crippen MR) is 91.7 cm³/mol. The van der Waals surface area contributed by atoms with Gasteiger partial charge in [0.1, 0.15) is 11.5 Å². The van der Waals surface area contributed by atoms with Gasteiger partial charge < -0.3 is 8.85 Å². The first-order valence-corrected chi connectivity index (χ1v) is 10.4. The molecule has 0 radical (unpaired) electrons. The van der Waals surface area contributed by atoms with Crippen LogP contribution in [0.2, 0.25) is 33.2 Å². The summed E-state index contributed by atoms with van der Waals surface area (Å²) in [6.07, 6.45) is 0. The van der Waals surface area contributed by atoms with E-state index < -0.39 is 8.56 Å². The topological polar surface area (TPSA) is 18.5 Å². The van der Waals surface area contributed by atoms with Gasteiger partial charge in [0.2, 0.25) is 0 Å². The van der Waals surface area contributed by atoms with Gasteiger partial charge in [-0.15, -0.1) is 0 Å². The molecule has 0 saturated heterocycles. The molecule has 2 aromatic carbocycles. The van der Waals surface area contributed by atoms with Gasteiger partial charge in [-0.1, -0.05) is 46.4 Å². The van der Waals surface area contributed by atoms with Crippen molar-refractivity contribution >= 4 is 55.0 Å². The minimum atomic E-state index is -2.54. The molecule has 2 rings (SSSR count). The Labute approximate surface area is 144 Å². The van der Waals surface area contributed by atoms with Gasteiger partial charge in [-0.3, -0.25) is 0 Å².